The highest BCUT2D eigenvalue weighted by molar-refractivity contribution is 7.99. The van der Waals surface area contributed by atoms with Crippen LogP contribution >= 0.6 is 23.1 Å². The molecule has 0 spiro atoms. The van der Waals surface area contributed by atoms with E-state index >= 15 is 0 Å². The highest BCUT2D eigenvalue weighted by Crippen LogP contribution is 2.44. The van der Waals surface area contributed by atoms with Crippen molar-refractivity contribution in [2.45, 2.75) is 77.0 Å². The van der Waals surface area contributed by atoms with Gasteiger partial charge >= 0.3 is 12.0 Å². The van der Waals surface area contributed by atoms with Gasteiger partial charge in [0.2, 0.25) is 0 Å². The van der Waals surface area contributed by atoms with Crippen LogP contribution in [0.4, 0.5) is 4.79 Å². The van der Waals surface area contributed by atoms with Gasteiger partial charge in [0.15, 0.2) is 5.16 Å². The molecule has 0 saturated heterocycles. The molecule has 256 valence electrons. The van der Waals surface area contributed by atoms with Crippen molar-refractivity contribution in [1.29, 1.82) is 0 Å². The first-order chi connectivity index (χ1) is 23.5. The lowest BCUT2D eigenvalue weighted by Gasteiger charge is -2.36. The minimum absolute atomic E-state index is 0.00924. The third kappa shape index (κ3) is 6.16. The van der Waals surface area contributed by atoms with E-state index in [0.717, 1.165) is 53.6 Å². The summed E-state index contributed by atoms with van der Waals surface area (Å²) >= 11 is 2.99. The summed E-state index contributed by atoms with van der Waals surface area (Å²) in [6.07, 6.45) is 4.50. The normalized spacial score (nSPS) is 19.6. The minimum atomic E-state index is -0.676. The number of ether oxygens (including phenoxy) is 2. The first-order valence-electron chi connectivity index (χ1n) is 16.8. The Labute approximate surface area is 294 Å². The molecule has 2 aromatic carbocycles. The van der Waals surface area contributed by atoms with Gasteiger partial charge in [0, 0.05) is 28.4 Å². The second-order valence-corrected chi connectivity index (χ2v) is 16.2. The first kappa shape index (κ1) is 33.4. The molecule has 4 aromatic rings. The molecule has 2 atom stereocenters. The molecule has 2 amide bonds. The van der Waals surface area contributed by atoms with E-state index in [2.05, 4.69) is 26.1 Å². The first-order valence-corrected chi connectivity index (χ1v) is 18.6. The lowest BCUT2D eigenvalue weighted by Crippen LogP contribution is -2.50. The zero-order valence-corrected chi connectivity index (χ0v) is 30.4. The van der Waals surface area contributed by atoms with Gasteiger partial charge in [-0.1, -0.05) is 68.9 Å². The van der Waals surface area contributed by atoms with Crippen LogP contribution in [0, 0.1) is 18.3 Å². The third-order valence-corrected chi connectivity index (χ3v) is 12.2. The number of carbonyl (C=O) groups is 2. The molecule has 9 nitrogen and oxygen atoms in total. The van der Waals surface area contributed by atoms with Crippen LogP contribution in [0.15, 0.2) is 69.8 Å². The highest BCUT2D eigenvalue weighted by atomic mass is 32.2. The summed E-state index contributed by atoms with van der Waals surface area (Å²) < 4.78 is 12.6. The molecule has 1 saturated carbocycles. The van der Waals surface area contributed by atoms with Crippen molar-refractivity contribution in [2.24, 2.45) is 11.3 Å². The van der Waals surface area contributed by atoms with Crippen molar-refractivity contribution in [3.8, 4) is 11.4 Å². The van der Waals surface area contributed by atoms with E-state index in [9.17, 15) is 14.4 Å². The number of thiophene rings is 1. The van der Waals surface area contributed by atoms with Crippen LogP contribution in [0.5, 0.6) is 5.75 Å². The number of methoxy groups -OCH3 is 2. The number of benzene rings is 2. The van der Waals surface area contributed by atoms with Gasteiger partial charge in [0.05, 0.1) is 36.9 Å². The highest BCUT2D eigenvalue weighted by Gasteiger charge is 2.44. The van der Waals surface area contributed by atoms with Gasteiger partial charge in [-0.2, -0.15) is 0 Å². The Morgan fingerprint density at radius 2 is 1.84 bits per heavy atom. The Bertz CT molecular complexity index is 2040. The van der Waals surface area contributed by atoms with Crippen LogP contribution in [0.1, 0.15) is 67.6 Å². The number of hydrogen-bond donors (Lipinski definition) is 1. The fourth-order valence-electron chi connectivity index (χ4n) is 7.14. The van der Waals surface area contributed by atoms with Crippen molar-refractivity contribution in [2.75, 3.05) is 20.0 Å². The molecular weight excluding hydrogens is 657 g/mol. The minimum Gasteiger partial charge on any atom is -0.497 e. The predicted molar refractivity (Wildman–Crippen MR) is 194 cm³/mol. The van der Waals surface area contributed by atoms with E-state index in [4.69, 9.17) is 14.5 Å². The molecule has 7 rings (SSSR count). The molecule has 1 N–H and O–H groups in total. The number of fused-ring (bicyclic) bond motifs is 3. The number of aromatic nitrogens is 2. The Kier molecular flexibility index (Phi) is 8.85. The molecular formula is C38H42N4O5S2. The predicted octanol–water partition coefficient (Wildman–Crippen LogP) is 7.36. The maximum absolute atomic E-state index is 14.8. The van der Waals surface area contributed by atoms with E-state index in [1.807, 2.05) is 55.5 Å². The lowest BCUT2D eigenvalue weighted by molar-refractivity contribution is -0.136. The van der Waals surface area contributed by atoms with Crippen molar-refractivity contribution < 1.29 is 19.1 Å². The van der Waals surface area contributed by atoms with Crippen molar-refractivity contribution in [3.63, 3.8) is 0 Å². The standard InChI is InChI=1S/C38H42N4O5S2/c1-21-12-16-25(46-5)19-27(21)42-34(43)30-26-17-13-23(38(2,3)4)18-29(26)49-33(30)40-37(42)48-20-28-31(35(44)47-6)32(22-10-8-7-9-11-22)39-36(45)41(28)24-14-15-24/h7-12,16,19,23-24,32H,13-15,17-18,20H2,1-6H3,(H,39,45). The lowest BCUT2D eigenvalue weighted by atomic mass is 9.72. The summed E-state index contributed by atoms with van der Waals surface area (Å²) in [5.41, 5.74) is 4.53. The Morgan fingerprint density at radius 1 is 1.08 bits per heavy atom. The maximum Gasteiger partial charge on any atom is 0.338 e. The molecule has 2 aromatic heterocycles. The molecule has 11 heteroatoms. The second kappa shape index (κ2) is 13.0. The summed E-state index contributed by atoms with van der Waals surface area (Å²) in [5.74, 6) is 0.889. The molecule has 1 aliphatic heterocycles. The monoisotopic (exact) mass is 698 g/mol. The smallest absolute Gasteiger partial charge is 0.338 e. The number of thioether (sulfide) groups is 1. The second-order valence-electron chi connectivity index (χ2n) is 14.2. The average Bonchev–Trinajstić information content (AvgIpc) is 3.86. The number of hydrogen-bond acceptors (Lipinski definition) is 8. The van der Waals surface area contributed by atoms with Crippen molar-refractivity contribution >= 4 is 45.3 Å². The summed E-state index contributed by atoms with van der Waals surface area (Å²) in [4.78, 5) is 50.9. The Morgan fingerprint density at radius 3 is 2.51 bits per heavy atom. The number of nitrogens with zero attached hydrogens (tertiary/aromatic N) is 3. The molecule has 2 aliphatic carbocycles. The third-order valence-electron chi connectivity index (χ3n) is 10.1. The van der Waals surface area contributed by atoms with Crippen LogP contribution in [0.2, 0.25) is 0 Å². The number of amides is 2. The topological polar surface area (TPSA) is 103 Å². The Balaban J connectivity index is 1.39. The largest absolute Gasteiger partial charge is 0.497 e. The summed E-state index contributed by atoms with van der Waals surface area (Å²) in [6.45, 7) is 8.84. The molecule has 3 aliphatic rings. The summed E-state index contributed by atoms with van der Waals surface area (Å²) in [7, 11) is 2.97. The van der Waals surface area contributed by atoms with Gasteiger partial charge in [-0.15, -0.1) is 11.3 Å². The van der Waals surface area contributed by atoms with Gasteiger partial charge in [-0.05, 0) is 73.1 Å². The molecule has 0 radical (unpaired) electrons. The van der Waals surface area contributed by atoms with E-state index in [0.29, 0.717) is 39.2 Å². The maximum atomic E-state index is 14.8. The van der Waals surface area contributed by atoms with E-state index in [1.165, 1.54) is 23.7 Å². The van der Waals surface area contributed by atoms with Crippen LogP contribution < -0.4 is 15.6 Å². The van der Waals surface area contributed by atoms with E-state index in [1.54, 1.807) is 27.9 Å². The van der Waals surface area contributed by atoms with E-state index < -0.39 is 12.0 Å². The number of carbonyl (C=O) groups excluding carboxylic acids is 2. The van der Waals surface area contributed by atoms with Gasteiger partial charge < -0.3 is 14.8 Å². The quantitative estimate of drug-likeness (QED) is 0.117. The van der Waals surface area contributed by atoms with Crippen LogP contribution in [-0.2, 0) is 22.4 Å². The van der Waals surface area contributed by atoms with Crippen LogP contribution in [0.25, 0.3) is 15.9 Å². The number of urea groups is 1. The van der Waals surface area contributed by atoms with Crippen molar-refractivity contribution in [3.05, 3.63) is 91.7 Å². The van der Waals surface area contributed by atoms with Gasteiger partial charge in [-0.3, -0.25) is 14.3 Å². The van der Waals surface area contributed by atoms with Gasteiger partial charge in [-0.25, -0.2) is 14.6 Å². The Hall–Kier alpha value is -4.09. The van der Waals surface area contributed by atoms with Crippen LogP contribution in [-0.4, -0.2) is 52.5 Å². The van der Waals surface area contributed by atoms with Gasteiger partial charge in [0.25, 0.3) is 5.56 Å². The SMILES string of the molecule is COC(=O)C1=C(CSc2nc3sc4c(c3c(=O)n2-c2cc(OC)ccc2C)CCC(C(C)(C)C)C4)N(C2CC2)C(=O)NC1c1ccccc1. The van der Waals surface area contributed by atoms with E-state index in [-0.39, 0.29) is 28.8 Å². The zero-order chi connectivity index (χ0) is 34.6. The number of rotatable bonds is 8. The van der Waals surface area contributed by atoms with Crippen LogP contribution in [0.3, 0.4) is 0 Å². The zero-order valence-electron chi connectivity index (χ0n) is 28.8. The summed E-state index contributed by atoms with van der Waals surface area (Å²) in [6, 6.07) is 14.2. The molecule has 2 unspecified atom stereocenters. The fourth-order valence-corrected chi connectivity index (χ4v) is 9.51. The molecule has 1 fully saturated rings. The molecule has 0 bridgehead atoms. The summed E-state index contributed by atoms with van der Waals surface area (Å²) in [5, 5.41) is 4.25. The molecule has 3 heterocycles. The number of esters is 1. The fraction of sp³-hybridized carbons (Fsp3) is 0.421. The van der Waals surface area contributed by atoms with Gasteiger partial charge in [0.1, 0.15) is 10.6 Å². The average molecular weight is 699 g/mol. The number of aryl methyl sites for hydroxylation is 2. The molecule has 49 heavy (non-hydrogen) atoms. The number of nitrogens with one attached hydrogen (secondary N) is 1. The van der Waals surface area contributed by atoms with Crippen molar-refractivity contribution in [1.82, 2.24) is 19.8 Å².